The molecule has 0 aliphatic carbocycles. The highest BCUT2D eigenvalue weighted by atomic mass is 32.2. The van der Waals surface area contributed by atoms with Crippen LogP contribution in [0.5, 0.6) is 11.5 Å². The number of carbonyl (C=O) groups excluding carboxylic acids is 1. The molecular formula is C23H26N4O7S. The van der Waals surface area contributed by atoms with Gasteiger partial charge in [-0.1, -0.05) is 5.10 Å². The minimum atomic E-state index is -3.71. The lowest BCUT2D eigenvalue weighted by atomic mass is 10.2. The predicted octanol–water partition coefficient (Wildman–Crippen LogP) is 2.80. The fraction of sp³-hybridized carbons (Fsp3) is 0.348. The molecule has 1 aliphatic heterocycles. The van der Waals surface area contributed by atoms with Gasteiger partial charge in [0, 0.05) is 24.7 Å². The molecule has 1 amide bonds. The molecule has 0 saturated carbocycles. The molecule has 2 aromatic carbocycles. The average Bonchev–Trinajstić information content (AvgIpc) is 3.31. The standard InChI is InChI=1S/C23H26N4O7S/c1-14-12-27(13-15(2)33-14)35(29,30)18-8-5-16(6-9-18)21(28)24-23-26-25-22(34-23)19-10-7-17(31-3)11-20(19)32-4/h5-11,14-15H,12-13H2,1-4H3,(H,24,26,28)/t14-,15-/m0/s1. The van der Waals surface area contributed by atoms with Crippen molar-refractivity contribution >= 4 is 21.9 Å². The first kappa shape index (κ1) is 24.6. The van der Waals surface area contributed by atoms with Gasteiger partial charge in [0.15, 0.2) is 0 Å². The number of aromatic nitrogens is 2. The van der Waals surface area contributed by atoms with Gasteiger partial charge in [-0.3, -0.25) is 10.1 Å². The van der Waals surface area contributed by atoms with Crippen LogP contribution in [0.15, 0.2) is 51.8 Å². The number of carbonyl (C=O) groups is 1. The minimum Gasteiger partial charge on any atom is -0.497 e. The van der Waals surface area contributed by atoms with Gasteiger partial charge in [0.2, 0.25) is 10.0 Å². The summed E-state index contributed by atoms with van der Waals surface area (Å²) in [4.78, 5) is 12.8. The Hall–Kier alpha value is -3.48. The highest BCUT2D eigenvalue weighted by Gasteiger charge is 2.32. The number of rotatable bonds is 7. The summed E-state index contributed by atoms with van der Waals surface area (Å²) in [7, 11) is -0.665. The number of methoxy groups -OCH3 is 2. The Morgan fingerprint density at radius 3 is 2.34 bits per heavy atom. The van der Waals surface area contributed by atoms with Gasteiger partial charge in [0.25, 0.3) is 11.8 Å². The van der Waals surface area contributed by atoms with Crippen LogP contribution in [0.4, 0.5) is 6.01 Å². The monoisotopic (exact) mass is 502 g/mol. The number of anilines is 1. The van der Waals surface area contributed by atoms with Gasteiger partial charge in [-0.2, -0.15) is 4.31 Å². The van der Waals surface area contributed by atoms with Gasteiger partial charge >= 0.3 is 6.01 Å². The number of morpholine rings is 1. The normalized spacial score (nSPS) is 18.7. The van der Waals surface area contributed by atoms with Crippen molar-refractivity contribution in [2.24, 2.45) is 0 Å². The molecule has 2 heterocycles. The molecule has 3 aromatic rings. The highest BCUT2D eigenvalue weighted by molar-refractivity contribution is 7.89. The second kappa shape index (κ2) is 10.0. The second-order valence-corrected chi connectivity index (χ2v) is 9.97. The number of hydrogen-bond acceptors (Lipinski definition) is 9. The van der Waals surface area contributed by atoms with Crippen LogP contribution in [-0.4, -0.2) is 68.3 Å². The first-order valence-corrected chi connectivity index (χ1v) is 12.3. The fourth-order valence-corrected chi connectivity index (χ4v) is 5.37. The maximum Gasteiger partial charge on any atom is 0.322 e. The minimum absolute atomic E-state index is 0.0991. The zero-order valence-corrected chi connectivity index (χ0v) is 20.5. The van der Waals surface area contributed by atoms with Crippen LogP contribution in [-0.2, 0) is 14.8 Å². The van der Waals surface area contributed by atoms with Crippen molar-refractivity contribution in [2.45, 2.75) is 31.0 Å². The number of benzene rings is 2. The van der Waals surface area contributed by atoms with Crippen molar-refractivity contribution in [3.63, 3.8) is 0 Å². The van der Waals surface area contributed by atoms with Crippen molar-refractivity contribution in [1.29, 1.82) is 0 Å². The van der Waals surface area contributed by atoms with Gasteiger partial charge in [-0.25, -0.2) is 8.42 Å². The SMILES string of the molecule is COc1ccc(-c2nnc(NC(=O)c3ccc(S(=O)(=O)N4C[C@H](C)O[C@@H](C)C4)cc3)o2)c(OC)c1. The van der Waals surface area contributed by atoms with Crippen molar-refractivity contribution in [2.75, 3.05) is 32.6 Å². The Labute approximate surface area is 203 Å². The van der Waals surface area contributed by atoms with Crippen LogP contribution >= 0.6 is 0 Å². The first-order valence-electron chi connectivity index (χ1n) is 10.8. The highest BCUT2D eigenvalue weighted by Crippen LogP contribution is 2.33. The molecule has 186 valence electrons. The Balaban J connectivity index is 1.47. The topological polar surface area (TPSA) is 133 Å². The van der Waals surface area contributed by atoms with E-state index in [2.05, 4.69) is 15.5 Å². The summed E-state index contributed by atoms with van der Waals surface area (Å²) >= 11 is 0. The van der Waals surface area contributed by atoms with E-state index >= 15 is 0 Å². The summed E-state index contributed by atoms with van der Waals surface area (Å²) in [5.74, 6) is 0.683. The maximum atomic E-state index is 13.0. The molecule has 0 unspecified atom stereocenters. The Morgan fingerprint density at radius 1 is 1.03 bits per heavy atom. The predicted molar refractivity (Wildman–Crippen MR) is 126 cm³/mol. The number of ether oxygens (including phenoxy) is 3. The van der Waals surface area contributed by atoms with Crippen molar-refractivity contribution in [3.05, 3.63) is 48.0 Å². The molecular weight excluding hydrogens is 476 g/mol. The van der Waals surface area contributed by atoms with Crippen LogP contribution in [0, 0.1) is 0 Å². The third kappa shape index (κ3) is 5.29. The third-order valence-corrected chi connectivity index (χ3v) is 7.27. The van der Waals surface area contributed by atoms with E-state index in [1.54, 1.807) is 25.3 Å². The molecule has 12 heteroatoms. The van der Waals surface area contributed by atoms with E-state index in [-0.39, 0.29) is 47.7 Å². The van der Waals surface area contributed by atoms with E-state index in [1.807, 2.05) is 13.8 Å². The van der Waals surface area contributed by atoms with E-state index < -0.39 is 15.9 Å². The molecule has 1 saturated heterocycles. The summed E-state index contributed by atoms with van der Waals surface area (Å²) in [6.45, 7) is 4.21. The van der Waals surface area contributed by atoms with Gasteiger partial charge in [0.1, 0.15) is 11.5 Å². The molecule has 0 bridgehead atoms. The fourth-order valence-electron chi connectivity index (χ4n) is 3.78. The van der Waals surface area contributed by atoms with Crippen LogP contribution in [0.2, 0.25) is 0 Å². The number of amides is 1. The third-order valence-electron chi connectivity index (χ3n) is 5.42. The van der Waals surface area contributed by atoms with Crippen LogP contribution in [0.3, 0.4) is 0 Å². The lowest BCUT2D eigenvalue weighted by molar-refractivity contribution is -0.0440. The maximum absolute atomic E-state index is 13.0. The molecule has 2 atom stereocenters. The molecule has 1 aliphatic rings. The van der Waals surface area contributed by atoms with Crippen molar-refractivity contribution < 1.29 is 31.8 Å². The van der Waals surface area contributed by atoms with Crippen LogP contribution in [0.1, 0.15) is 24.2 Å². The Kier molecular flexibility index (Phi) is 7.05. The number of nitrogens with zero attached hydrogens (tertiary/aromatic N) is 3. The smallest absolute Gasteiger partial charge is 0.322 e. The number of hydrogen-bond donors (Lipinski definition) is 1. The molecule has 35 heavy (non-hydrogen) atoms. The lowest BCUT2D eigenvalue weighted by Gasteiger charge is -2.34. The number of nitrogens with one attached hydrogen (secondary N) is 1. The summed E-state index contributed by atoms with van der Waals surface area (Å²) in [6.07, 6.45) is -0.397. The van der Waals surface area contributed by atoms with E-state index in [9.17, 15) is 13.2 Å². The molecule has 11 nitrogen and oxygen atoms in total. The lowest BCUT2D eigenvalue weighted by Crippen LogP contribution is -2.48. The van der Waals surface area contributed by atoms with Crippen molar-refractivity contribution in [1.82, 2.24) is 14.5 Å². The van der Waals surface area contributed by atoms with Gasteiger partial charge in [-0.05, 0) is 50.2 Å². The second-order valence-electron chi connectivity index (χ2n) is 8.04. The van der Waals surface area contributed by atoms with E-state index in [0.29, 0.717) is 17.1 Å². The Bertz CT molecular complexity index is 1300. The van der Waals surface area contributed by atoms with Gasteiger partial charge < -0.3 is 18.6 Å². The summed E-state index contributed by atoms with van der Waals surface area (Å²) < 4.78 is 49.1. The van der Waals surface area contributed by atoms with Crippen LogP contribution < -0.4 is 14.8 Å². The van der Waals surface area contributed by atoms with E-state index in [0.717, 1.165) is 0 Å². The first-order chi connectivity index (χ1) is 16.7. The van der Waals surface area contributed by atoms with Crippen molar-refractivity contribution in [3.8, 4) is 23.0 Å². The summed E-state index contributed by atoms with van der Waals surface area (Å²) in [5, 5.41) is 10.3. The summed E-state index contributed by atoms with van der Waals surface area (Å²) in [5.41, 5.74) is 0.761. The van der Waals surface area contributed by atoms with E-state index in [4.69, 9.17) is 18.6 Å². The quantitative estimate of drug-likeness (QED) is 0.518. The molecule has 0 spiro atoms. The average molecular weight is 503 g/mol. The molecule has 1 fully saturated rings. The zero-order valence-electron chi connectivity index (χ0n) is 19.7. The van der Waals surface area contributed by atoms with E-state index in [1.165, 1.54) is 35.7 Å². The number of sulfonamides is 1. The Morgan fingerprint density at radius 2 is 1.71 bits per heavy atom. The van der Waals surface area contributed by atoms with Gasteiger partial charge in [-0.15, -0.1) is 5.10 Å². The summed E-state index contributed by atoms with van der Waals surface area (Å²) in [6, 6.07) is 10.6. The largest absolute Gasteiger partial charge is 0.497 e. The molecule has 0 radical (unpaired) electrons. The molecule has 4 rings (SSSR count). The van der Waals surface area contributed by atoms with Gasteiger partial charge in [0.05, 0.1) is 36.9 Å². The zero-order chi connectivity index (χ0) is 25.2. The molecule has 1 N–H and O–H groups in total. The van der Waals surface area contributed by atoms with Crippen LogP contribution in [0.25, 0.3) is 11.5 Å². The molecule has 1 aromatic heterocycles.